The molecule has 4 heterocycles. The van der Waals surface area contributed by atoms with Crippen LogP contribution in [0.15, 0.2) is 36.9 Å². The molecule has 0 saturated carbocycles. The lowest BCUT2D eigenvalue weighted by Gasteiger charge is -2.32. The van der Waals surface area contributed by atoms with Crippen LogP contribution in [0.2, 0.25) is 0 Å². The van der Waals surface area contributed by atoms with Crippen LogP contribution in [-0.2, 0) is 4.79 Å². The smallest absolute Gasteiger partial charge is 0.219 e. The zero-order valence-corrected chi connectivity index (χ0v) is 19.1. The number of fused-ring (bicyclic) bond motifs is 2. The Morgan fingerprint density at radius 3 is 2.76 bits per heavy atom. The number of carbonyl (C=O) groups excluding carboxylic acids is 1. The molecule has 1 fully saturated rings. The highest BCUT2D eigenvalue weighted by Gasteiger charge is 2.23. The van der Waals surface area contributed by atoms with Crippen molar-refractivity contribution in [2.75, 3.05) is 23.7 Å². The third kappa shape index (κ3) is 4.18. The maximum Gasteiger partial charge on any atom is 0.219 e. The molecule has 1 aliphatic heterocycles. The molecule has 4 aromatic rings. The van der Waals surface area contributed by atoms with E-state index in [0.29, 0.717) is 17.0 Å². The summed E-state index contributed by atoms with van der Waals surface area (Å²) < 4.78 is 0. The van der Waals surface area contributed by atoms with Gasteiger partial charge in [0.05, 0.1) is 17.9 Å². The molecule has 3 aromatic heterocycles. The van der Waals surface area contributed by atoms with Crippen molar-refractivity contribution in [3.05, 3.63) is 48.0 Å². The molecule has 0 aliphatic carbocycles. The molecule has 0 bridgehead atoms. The molecule has 170 valence electrons. The highest BCUT2D eigenvalue weighted by atomic mass is 16.2. The number of nitrogens with one attached hydrogen (secondary N) is 3. The van der Waals surface area contributed by atoms with Gasteiger partial charge in [0.2, 0.25) is 5.91 Å². The number of hydrogen-bond donors (Lipinski definition) is 3. The number of para-hydroxylation sites is 1. The number of pyridine rings is 1. The highest BCUT2D eigenvalue weighted by molar-refractivity contribution is 5.86. The number of benzene rings is 1. The number of hydrogen-bond acceptors (Lipinski definition) is 7. The second-order valence-corrected chi connectivity index (χ2v) is 8.69. The first-order valence-electron chi connectivity index (χ1n) is 11.3. The molecule has 9 heteroatoms. The Labute approximate surface area is 192 Å². The van der Waals surface area contributed by atoms with E-state index in [1.807, 2.05) is 4.90 Å². The first-order valence-corrected chi connectivity index (χ1v) is 11.3. The summed E-state index contributed by atoms with van der Waals surface area (Å²) in [4.78, 5) is 34.7. The normalized spacial score (nSPS) is 15.7. The molecular formula is C24H28N8O. The van der Waals surface area contributed by atoms with Crippen LogP contribution in [0.3, 0.4) is 0 Å². The van der Waals surface area contributed by atoms with Gasteiger partial charge in [-0.05, 0) is 38.3 Å². The molecule has 1 amide bonds. The predicted octanol–water partition coefficient (Wildman–Crippen LogP) is 3.81. The number of rotatable bonds is 5. The topological polar surface area (TPSA) is 112 Å². The molecule has 1 atom stereocenters. The third-order valence-corrected chi connectivity index (χ3v) is 6.40. The van der Waals surface area contributed by atoms with Gasteiger partial charge in [-0.2, -0.15) is 0 Å². The van der Waals surface area contributed by atoms with E-state index in [2.05, 4.69) is 68.7 Å². The summed E-state index contributed by atoms with van der Waals surface area (Å²) in [6, 6.07) is 8.62. The number of amides is 1. The third-order valence-electron chi connectivity index (χ3n) is 6.40. The zero-order valence-electron chi connectivity index (χ0n) is 19.1. The van der Waals surface area contributed by atoms with E-state index in [9.17, 15) is 4.79 Å². The minimum absolute atomic E-state index is 0.0722. The van der Waals surface area contributed by atoms with Gasteiger partial charge in [-0.15, -0.1) is 0 Å². The van der Waals surface area contributed by atoms with Gasteiger partial charge in [-0.3, -0.25) is 4.79 Å². The fraction of sp³-hybridized carbons (Fsp3) is 0.375. The van der Waals surface area contributed by atoms with E-state index in [-0.39, 0.29) is 18.0 Å². The molecule has 5 rings (SSSR count). The lowest BCUT2D eigenvalue weighted by atomic mass is 10.0. The first-order chi connectivity index (χ1) is 16.0. The number of likely N-dealkylation sites (tertiary alicyclic amines) is 1. The van der Waals surface area contributed by atoms with Crippen LogP contribution in [0.4, 0.5) is 11.6 Å². The molecular weight excluding hydrogens is 416 g/mol. The average molecular weight is 445 g/mol. The number of H-pyrrole nitrogens is 1. The summed E-state index contributed by atoms with van der Waals surface area (Å²) in [6.07, 6.45) is 4.94. The molecule has 1 aromatic carbocycles. The van der Waals surface area contributed by atoms with Gasteiger partial charge in [-0.1, -0.05) is 18.2 Å². The number of piperidine rings is 1. The largest absolute Gasteiger partial charge is 0.367 e. The van der Waals surface area contributed by atoms with Gasteiger partial charge in [0, 0.05) is 37.0 Å². The van der Waals surface area contributed by atoms with Gasteiger partial charge >= 0.3 is 0 Å². The van der Waals surface area contributed by atoms with Crippen molar-refractivity contribution >= 4 is 39.6 Å². The van der Waals surface area contributed by atoms with Crippen LogP contribution in [0.25, 0.3) is 22.1 Å². The lowest BCUT2D eigenvalue weighted by Crippen LogP contribution is -2.41. The van der Waals surface area contributed by atoms with Gasteiger partial charge < -0.3 is 20.5 Å². The fourth-order valence-electron chi connectivity index (χ4n) is 4.49. The minimum atomic E-state index is -0.0722. The fourth-order valence-corrected chi connectivity index (χ4v) is 4.49. The standard InChI is InChI=1S/C24H28N8O/c1-14-5-4-6-17-11-19(15(2)29-24-21-23(26-12-25-21)27-13-28-24)22(31-20(14)17)30-18-7-9-32(10-8-18)16(3)33/h4-6,11-13,15,18H,7-10H2,1-3H3,(H,30,31)(H2,25,26,27,28,29). The number of anilines is 2. The van der Waals surface area contributed by atoms with E-state index in [4.69, 9.17) is 4.98 Å². The Hall–Kier alpha value is -3.75. The number of aromatic amines is 1. The summed E-state index contributed by atoms with van der Waals surface area (Å²) in [7, 11) is 0. The summed E-state index contributed by atoms with van der Waals surface area (Å²) >= 11 is 0. The Kier molecular flexibility index (Phi) is 5.53. The van der Waals surface area contributed by atoms with Crippen molar-refractivity contribution in [1.29, 1.82) is 0 Å². The van der Waals surface area contributed by atoms with Crippen LogP contribution < -0.4 is 10.6 Å². The van der Waals surface area contributed by atoms with Crippen LogP contribution >= 0.6 is 0 Å². The molecule has 3 N–H and O–H groups in total. The van der Waals surface area contributed by atoms with E-state index in [1.54, 1.807) is 13.3 Å². The van der Waals surface area contributed by atoms with Crippen LogP contribution in [0.5, 0.6) is 0 Å². The van der Waals surface area contributed by atoms with Crippen molar-refractivity contribution in [1.82, 2.24) is 29.8 Å². The first kappa shape index (κ1) is 21.1. The number of imidazole rings is 1. The predicted molar refractivity (Wildman–Crippen MR) is 129 cm³/mol. The van der Waals surface area contributed by atoms with Crippen molar-refractivity contribution < 1.29 is 4.79 Å². The summed E-state index contributed by atoms with van der Waals surface area (Å²) in [5, 5.41) is 8.28. The van der Waals surface area contributed by atoms with E-state index >= 15 is 0 Å². The van der Waals surface area contributed by atoms with Crippen molar-refractivity contribution in [2.45, 2.75) is 45.7 Å². The molecule has 0 radical (unpaired) electrons. The SMILES string of the molecule is CC(=O)N1CCC(Nc2nc3c(C)cccc3cc2C(C)Nc2ncnc3[nH]cnc23)CC1. The summed E-state index contributed by atoms with van der Waals surface area (Å²) in [6.45, 7) is 7.35. The van der Waals surface area contributed by atoms with Gasteiger partial charge in [0.25, 0.3) is 0 Å². The quantitative estimate of drug-likeness (QED) is 0.429. The Balaban J connectivity index is 1.47. The molecule has 1 aliphatic rings. The molecule has 33 heavy (non-hydrogen) atoms. The molecule has 0 spiro atoms. The van der Waals surface area contributed by atoms with Crippen LogP contribution in [0, 0.1) is 6.92 Å². The second kappa shape index (κ2) is 8.65. The Morgan fingerprint density at radius 1 is 1.15 bits per heavy atom. The zero-order chi connectivity index (χ0) is 22.9. The van der Waals surface area contributed by atoms with Crippen molar-refractivity contribution in [3.8, 4) is 0 Å². The summed E-state index contributed by atoms with van der Waals surface area (Å²) in [5.74, 6) is 1.69. The van der Waals surface area contributed by atoms with Crippen molar-refractivity contribution in [3.63, 3.8) is 0 Å². The van der Waals surface area contributed by atoms with Gasteiger partial charge in [0.15, 0.2) is 11.5 Å². The average Bonchev–Trinajstić information content (AvgIpc) is 3.29. The van der Waals surface area contributed by atoms with Crippen LogP contribution in [-0.4, -0.2) is 54.9 Å². The molecule has 1 unspecified atom stereocenters. The molecule has 9 nitrogen and oxygen atoms in total. The minimum Gasteiger partial charge on any atom is -0.367 e. The van der Waals surface area contributed by atoms with E-state index in [0.717, 1.165) is 53.8 Å². The Morgan fingerprint density at radius 2 is 1.97 bits per heavy atom. The van der Waals surface area contributed by atoms with E-state index < -0.39 is 0 Å². The number of nitrogens with zero attached hydrogens (tertiary/aromatic N) is 5. The lowest BCUT2D eigenvalue weighted by molar-refractivity contribution is -0.129. The highest BCUT2D eigenvalue weighted by Crippen LogP contribution is 2.31. The monoisotopic (exact) mass is 444 g/mol. The number of carbonyl (C=O) groups is 1. The second-order valence-electron chi connectivity index (χ2n) is 8.69. The maximum atomic E-state index is 11.7. The maximum absolute atomic E-state index is 11.7. The Bertz CT molecular complexity index is 1310. The molecule has 1 saturated heterocycles. The number of aromatic nitrogens is 5. The number of aryl methyl sites for hydroxylation is 1. The summed E-state index contributed by atoms with van der Waals surface area (Å²) in [5.41, 5.74) is 4.60. The van der Waals surface area contributed by atoms with Gasteiger partial charge in [0.1, 0.15) is 17.7 Å². The van der Waals surface area contributed by atoms with Gasteiger partial charge in [-0.25, -0.2) is 19.9 Å². The van der Waals surface area contributed by atoms with E-state index in [1.165, 1.54) is 6.33 Å². The van der Waals surface area contributed by atoms with Crippen molar-refractivity contribution in [2.24, 2.45) is 0 Å². The van der Waals surface area contributed by atoms with Crippen LogP contribution in [0.1, 0.15) is 43.9 Å².